The Bertz CT molecular complexity index is 1260. The Morgan fingerprint density at radius 2 is 1.26 bits per heavy atom. The Kier molecular flexibility index (Phi) is 4.15. The largest absolute Gasteiger partial charge is 0.492 e. The van der Waals surface area contributed by atoms with Gasteiger partial charge in [0.05, 0.1) is 38.4 Å². The number of ether oxygens (including phenoxy) is 6. The lowest BCUT2D eigenvalue weighted by atomic mass is 9.69. The Labute approximate surface area is 201 Å². The van der Waals surface area contributed by atoms with Crippen molar-refractivity contribution < 1.29 is 28.4 Å². The third kappa shape index (κ3) is 2.38. The van der Waals surface area contributed by atoms with Crippen molar-refractivity contribution in [2.45, 2.75) is 24.9 Å². The fourth-order valence-corrected chi connectivity index (χ4v) is 6.50. The van der Waals surface area contributed by atoms with E-state index in [0.717, 1.165) is 35.1 Å². The number of hydrazine groups is 1. The molecule has 1 saturated heterocycles. The molecule has 178 valence electrons. The van der Waals surface area contributed by atoms with Crippen molar-refractivity contribution in [2.75, 3.05) is 40.9 Å². The molecule has 1 fully saturated rings. The lowest BCUT2D eigenvalue weighted by molar-refractivity contribution is -0.0374. The van der Waals surface area contributed by atoms with E-state index in [1.165, 1.54) is 0 Å². The van der Waals surface area contributed by atoms with Crippen LogP contribution >= 0.6 is 0 Å². The Hall–Kier alpha value is -3.86. The zero-order chi connectivity index (χ0) is 23.9. The molecule has 0 amide bonds. The zero-order valence-electron chi connectivity index (χ0n) is 19.3. The van der Waals surface area contributed by atoms with Crippen LogP contribution in [-0.2, 0) is 12.8 Å². The SMILES string of the molecule is COc1c2c(cc3c1[C@H]1N(CC3)N3CCc4cc5c(c(OC)c4[C@@H]3C1(C#N)C#N)OCO5)OCO2. The Balaban J connectivity index is 1.49. The van der Waals surface area contributed by atoms with Crippen LogP contribution in [0.2, 0.25) is 0 Å². The summed E-state index contributed by atoms with van der Waals surface area (Å²) in [7, 11) is 3.16. The summed E-state index contributed by atoms with van der Waals surface area (Å²) in [6.07, 6.45) is 1.44. The van der Waals surface area contributed by atoms with E-state index in [2.05, 4.69) is 22.2 Å². The highest BCUT2D eigenvalue weighted by molar-refractivity contribution is 5.66. The third-order valence-electron chi connectivity index (χ3n) is 7.82. The minimum atomic E-state index is -1.45. The molecule has 0 unspecified atom stereocenters. The van der Waals surface area contributed by atoms with Crippen LogP contribution < -0.4 is 28.4 Å². The van der Waals surface area contributed by atoms with Crippen LogP contribution in [0.25, 0.3) is 0 Å². The van der Waals surface area contributed by atoms with Gasteiger partial charge in [-0.25, -0.2) is 10.0 Å². The fraction of sp³-hybridized carbons (Fsp3) is 0.440. The van der Waals surface area contributed by atoms with E-state index >= 15 is 0 Å². The first-order valence-electron chi connectivity index (χ1n) is 11.5. The molecule has 0 bridgehead atoms. The highest BCUT2D eigenvalue weighted by atomic mass is 16.7. The highest BCUT2D eigenvalue weighted by Gasteiger charge is 2.65. The van der Waals surface area contributed by atoms with Crippen molar-refractivity contribution in [3.05, 3.63) is 34.4 Å². The molecule has 10 heteroatoms. The number of nitrogens with zero attached hydrogens (tertiary/aromatic N) is 4. The summed E-state index contributed by atoms with van der Waals surface area (Å²) in [5.74, 6) is 3.34. The second-order valence-corrected chi connectivity index (χ2v) is 9.16. The van der Waals surface area contributed by atoms with Crippen molar-refractivity contribution in [1.29, 1.82) is 10.5 Å². The molecule has 0 N–H and O–H groups in total. The number of methoxy groups -OCH3 is 2. The first kappa shape index (κ1) is 20.5. The van der Waals surface area contributed by atoms with Gasteiger partial charge in [0.2, 0.25) is 25.1 Å². The first-order valence-corrected chi connectivity index (χ1v) is 11.5. The van der Waals surface area contributed by atoms with Gasteiger partial charge in [-0.15, -0.1) is 0 Å². The van der Waals surface area contributed by atoms with Crippen LogP contribution in [0.4, 0.5) is 0 Å². The van der Waals surface area contributed by atoms with Crippen molar-refractivity contribution in [3.8, 4) is 46.6 Å². The molecule has 0 aromatic heterocycles. The van der Waals surface area contributed by atoms with Gasteiger partial charge in [0, 0.05) is 24.2 Å². The van der Waals surface area contributed by atoms with Gasteiger partial charge in [0.25, 0.3) is 0 Å². The maximum absolute atomic E-state index is 10.7. The molecular formula is C25H22N4O6. The van der Waals surface area contributed by atoms with Crippen LogP contribution in [0.15, 0.2) is 12.1 Å². The van der Waals surface area contributed by atoms with Gasteiger partial charge >= 0.3 is 0 Å². The predicted molar refractivity (Wildman–Crippen MR) is 118 cm³/mol. The molecule has 5 aliphatic rings. The summed E-state index contributed by atoms with van der Waals surface area (Å²) in [5, 5.41) is 25.8. The molecule has 5 aliphatic heterocycles. The lowest BCUT2D eigenvalue weighted by Crippen LogP contribution is -2.45. The molecule has 0 aliphatic carbocycles. The molecular weight excluding hydrogens is 452 g/mol. The summed E-state index contributed by atoms with van der Waals surface area (Å²) < 4.78 is 34.4. The van der Waals surface area contributed by atoms with Crippen molar-refractivity contribution in [2.24, 2.45) is 5.41 Å². The quantitative estimate of drug-likeness (QED) is 0.644. The summed E-state index contributed by atoms with van der Waals surface area (Å²) in [6, 6.07) is 7.69. The minimum Gasteiger partial charge on any atom is -0.492 e. The highest BCUT2D eigenvalue weighted by Crippen LogP contribution is 2.65. The van der Waals surface area contributed by atoms with Crippen LogP contribution in [0.5, 0.6) is 34.5 Å². The monoisotopic (exact) mass is 474 g/mol. The van der Waals surface area contributed by atoms with Gasteiger partial charge in [-0.05, 0) is 36.1 Å². The number of rotatable bonds is 2. The van der Waals surface area contributed by atoms with Gasteiger partial charge in [-0.2, -0.15) is 10.5 Å². The molecule has 0 radical (unpaired) electrons. The molecule has 0 spiro atoms. The summed E-state index contributed by atoms with van der Waals surface area (Å²) >= 11 is 0. The normalized spacial score (nSPS) is 24.5. The topological polar surface area (TPSA) is 109 Å². The smallest absolute Gasteiger partial charge is 0.231 e. The van der Waals surface area contributed by atoms with Crippen LogP contribution in [-0.4, -0.2) is 50.9 Å². The van der Waals surface area contributed by atoms with E-state index < -0.39 is 17.5 Å². The number of hydrogen-bond donors (Lipinski definition) is 0. The molecule has 2 atom stereocenters. The van der Waals surface area contributed by atoms with Crippen LogP contribution in [0.1, 0.15) is 34.3 Å². The molecule has 35 heavy (non-hydrogen) atoms. The zero-order valence-corrected chi connectivity index (χ0v) is 19.3. The van der Waals surface area contributed by atoms with Gasteiger partial charge in [-0.1, -0.05) is 0 Å². The van der Waals surface area contributed by atoms with E-state index in [9.17, 15) is 10.5 Å². The first-order chi connectivity index (χ1) is 17.2. The number of fused-ring (bicyclic) bond motifs is 9. The van der Waals surface area contributed by atoms with Crippen molar-refractivity contribution in [3.63, 3.8) is 0 Å². The third-order valence-corrected chi connectivity index (χ3v) is 7.82. The summed E-state index contributed by atoms with van der Waals surface area (Å²) in [5.41, 5.74) is 2.16. The van der Waals surface area contributed by atoms with Gasteiger partial charge in [0.15, 0.2) is 28.4 Å². The Morgan fingerprint density at radius 1 is 0.800 bits per heavy atom. The maximum Gasteiger partial charge on any atom is 0.231 e. The average molecular weight is 474 g/mol. The fourth-order valence-electron chi connectivity index (χ4n) is 6.50. The Morgan fingerprint density at radius 3 is 1.66 bits per heavy atom. The lowest BCUT2D eigenvalue weighted by Gasteiger charge is -2.40. The molecule has 2 aromatic rings. The number of hydrogen-bond acceptors (Lipinski definition) is 10. The average Bonchev–Trinajstić information content (AvgIpc) is 3.61. The van der Waals surface area contributed by atoms with Gasteiger partial charge in [-0.3, -0.25) is 0 Å². The summed E-state index contributed by atoms with van der Waals surface area (Å²) in [4.78, 5) is 0. The van der Waals surface area contributed by atoms with E-state index in [0.29, 0.717) is 47.6 Å². The van der Waals surface area contributed by atoms with E-state index in [1.807, 2.05) is 12.1 Å². The molecule has 5 heterocycles. The van der Waals surface area contributed by atoms with E-state index in [4.69, 9.17) is 28.4 Å². The maximum atomic E-state index is 10.7. The van der Waals surface area contributed by atoms with Crippen LogP contribution in [0, 0.1) is 28.1 Å². The number of nitriles is 2. The second-order valence-electron chi connectivity index (χ2n) is 9.16. The minimum absolute atomic E-state index is 0.108. The molecule has 10 nitrogen and oxygen atoms in total. The molecule has 2 aromatic carbocycles. The van der Waals surface area contributed by atoms with Gasteiger partial charge < -0.3 is 28.4 Å². The second kappa shape index (κ2) is 7.08. The standard InChI is InChI=1S/C25H22N4O6/c1-30-21-17-13(7-15-19(21)34-11-32-15)3-5-28-23(17)25(9-26,10-27)24-18-14(4-6-29(24)28)8-16-20(22(18)31-2)35-12-33-16/h7-8,23-24H,3-6,11-12H2,1-2H3/t23-,24-/m1/s1. The van der Waals surface area contributed by atoms with Crippen LogP contribution in [0.3, 0.4) is 0 Å². The molecule has 0 saturated carbocycles. The van der Waals surface area contributed by atoms with Gasteiger partial charge in [0.1, 0.15) is 0 Å². The van der Waals surface area contributed by atoms with Crippen molar-refractivity contribution in [1.82, 2.24) is 10.0 Å². The summed E-state index contributed by atoms with van der Waals surface area (Å²) in [6.45, 7) is 1.53. The van der Waals surface area contributed by atoms with Crippen molar-refractivity contribution >= 4 is 0 Å². The number of benzene rings is 2. The predicted octanol–water partition coefficient (Wildman–Crippen LogP) is 2.62. The van der Waals surface area contributed by atoms with E-state index in [-0.39, 0.29) is 13.6 Å². The van der Waals surface area contributed by atoms with E-state index in [1.54, 1.807) is 14.2 Å². The molecule has 7 rings (SSSR count).